The Morgan fingerprint density at radius 3 is 2.43 bits per heavy atom. The summed E-state index contributed by atoms with van der Waals surface area (Å²) < 4.78 is 51.2. The van der Waals surface area contributed by atoms with Crippen molar-refractivity contribution in [1.82, 2.24) is 9.55 Å². The van der Waals surface area contributed by atoms with Crippen molar-refractivity contribution in [2.75, 3.05) is 12.3 Å². The summed E-state index contributed by atoms with van der Waals surface area (Å²) in [5.41, 5.74) is 4.58. The maximum Gasteiger partial charge on any atom is 0.490 e. The van der Waals surface area contributed by atoms with Crippen LogP contribution in [-0.2, 0) is 31.6 Å². The second-order valence-corrected chi connectivity index (χ2v) is 9.78. The minimum atomic E-state index is -5.65. The van der Waals surface area contributed by atoms with Crippen LogP contribution >= 0.6 is 23.5 Å². The van der Waals surface area contributed by atoms with Crippen molar-refractivity contribution < 1.29 is 56.3 Å². The molecule has 16 nitrogen and oxygen atoms in total. The van der Waals surface area contributed by atoms with E-state index < -0.39 is 54.2 Å². The summed E-state index contributed by atoms with van der Waals surface area (Å²) >= 11 is 0. The van der Waals surface area contributed by atoms with Crippen molar-refractivity contribution in [1.29, 1.82) is 0 Å². The Balaban J connectivity index is 1.98. The van der Waals surface area contributed by atoms with Gasteiger partial charge >= 0.3 is 29.2 Å². The van der Waals surface area contributed by atoms with Gasteiger partial charge in [0.25, 0.3) is 0 Å². The molecular weight excluding hydrogens is 460 g/mol. The molecule has 0 spiro atoms. The molecule has 0 amide bonds. The molecule has 2 rings (SSSR count). The summed E-state index contributed by atoms with van der Waals surface area (Å²) in [5, 5.41) is 9.94. The van der Waals surface area contributed by atoms with Gasteiger partial charge in [0.1, 0.15) is 18.1 Å². The van der Waals surface area contributed by atoms with Gasteiger partial charge in [-0.25, -0.2) is 18.5 Å². The van der Waals surface area contributed by atoms with E-state index in [1.165, 1.54) is 12.3 Å². The molecule has 7 N–H and O–H groups in total. The highest BCUT2D eigenvalue weighted by Crippen LogP contribution is 2.66. The smallest absolute Gasteiger partial charge is 0.390 e. The Hall–Kier alpha value is -0.990. The summed E-state index contributed by atoms with van der Waals surface area (Å²) in [6, 6.07) is 1.30. The zero-order chi connectivity index (χ0) is 21.3. The zero-order valence-electron chi connectivity index (χ0n) is 13.6. The molecule has 0 saturated carbocycles. The van der Waals surface area contributed by atoms with E-state index >= 15 is 0 Å². The largest absolute Gasteiger partial charge is 0.490 e. The van der Waals surface area contributed by atoms with E-state index in [0.29, 0.717) is 0 Å². The molecule has 0 radical (unpaired) electrons. The first-order valence-corrected chi connectivity index (χ1v) is 11.7. The van der Waals surface area contributed by atoms with Gasteiger partial charge in [-0.15, -0.1) is 0 Å². The van der Waals surface area contributed by atoms with Gasteiger partial charge in [-0.05, 0) is 6.07 Å². The average Bonchev–Trinajstić information content (AvgIpc) is 2.82. The number of rotatable bonds is 8. The lowest BCUT2D eigenvalue weighted by molar-refractivity contribution is -0.0449. The molecule has 3 unspecified atom stereocenters. The molecule has 19 heteroatoms. The molecule has 1 aliphatic rings. The fourth-order valence-electron chi connectivity index (χ4n) is 2.15. The molecule has 160 valence electrons. The molecule has 28 heavy (non-hydrogen) atoms. The number of phosphoric ester groups is 1. The van der Waals surface area contributed by atoms with Crippen LogP contribution in [0.25, 0.3) is 0 Å². The van der Waals surface area contributed by atoms with Crippen LogP contribution in [0, 0.1) is 0 Å². The third-order valence-electron chi connectivity index (χ3n) is 3.18. The molecule has 1 aromatic rings. The Morgan fingerprint density at radius 1 is 1.21 bits per heavy atom. The fourth-order valence-corrected chi connectivity index (χ4v) is 5.18. The van der Waals surface area contributed by atoms with Gasteiger partial charge in [0.05, 0.1) is 12.7 Å². The number of phosphoric acid groups is 3. The van der Waals surface area contributed by atoms with Crippen LogP contribution in [0.4, 0.5) is 5.82 Å². The Bertz CT molecular complexity index is 914. The number of hydrogen-bond acceptors (Lipinski definition) is 11. The summed E-state index contributed by atoms with van der Waals surface area (Å²) in [7, 11) is -16.5. The molecule has 1 aromatic heterocycles. The number of nitrogen functional groups attached to an aromatic ring is 1. The van der Waals surface area contributed by atoms with E-state index in [2.05, 4.69) is 18.1 Å². The molecule has 1 aliphatic heterocycles. The van der Waals surface area contributed by atoms with Crippen LogP contribution in [0.2, 0.25) is 0 Å². The highest BCUT2D eigenvalue weighted by molar-refractivity contribution is 7.66. The van der Waals surface area contributed by atoms with Gasteiger partial charge in [0.2, 0.25) is 0 Å². The zero-order valence-corrected chi connectivity index (χ0v) is 16.3. The third-order valence-corrected chi connectivity index (χ3v) is 6.99. The van der Waals surface area contributed by atoms with Gasteiger partial charge in [-0.3, -0.25) is 9.09 Å². The normalized spacial score (nSPS) is 27.2. The second kappa shape index (κ2) is 8.40. The van der Waals surface area contributed by atoms with Crippen LogP contribution in [0.15, 0.2) is 17.1 Å². The maximum atomic E-state index is 11.8. The molecule has 0 bridgehead atoms. The molecule has 5 atom stereocenters. The molecular formula is C9H16N3O13P3. The fraction of sp³-hybridized carbons (Fsp3) is 0.556. The SMILES string of the molecule is N[13c]1[13cH][13cH]n([13C@H]2[13CH2][13CH](O)[13C@@H]([13CH2]OP(=O)(O)OP(=O)(O)OP(=O)(O)O)O2)[13c](=O)n1. The quantitative estimate of drug-likeness (QED) is 0.191. The average molecular weight is 476 g/mol. The van der Waals surface area contributed by atoms with Gasteiger partial charge in [-0.1, -0.05) is 0 Å². The minimum absolute atomic E-state index is 0.0380. The number of aliphatic hydroxyl groups is 1. The van der Waals surface area contributed by atoms with Crippen molar-refractivity contribution in [2.45, 2.75) is 24.9 Å². The number of aliphatic hydroxyl groups excluding tert-OH is 1. The summed E-state index contributed by atoms with van der Waals surface area (Å²) in [4.78, 5) is 50.5. The standard InChI is InChI=1S/C9H16N3O13P3/c10-7-1-2-12(9(14)11-7)8-3-5(13)6(23-8)4-22-27(18,19)25-28(20,21)24-26(15,16)17/h1-2,5-6,8,13H,3-4H2,(H,18,19)(H,20,21)(H2,10,11,14)(H2,15,16,17)/t5?,6-,8-/m1/s1/i1+1,2+1,3+1,4+1,5+1,6+1,7+1,8+1,9+1. The van der Waals surface area contributed by atoms with Crippen LogP contribution in [0.1, 0.15) is 12.6 Å². The van der Waals surface area contributed by atoms with E-state index in [9.17, 15) is 28.5 Å². The van der Waals surface area contributed by atoms with E-state index in [1.54, 1.807) is 0 Å². The summed E-state index contributed by atoms with van der Waals surface area (Å²) in [6.07, 6.45) is -2.42. The van der Waals surface area contributed by atoms with Crippen molar-refractivity contribution >= 4 is 29.3 Å². The predicted octanol–water partition coefficient (Wildman–Crippen LogP) is -1.18. The number of anilines is 1. The summed E-state index contributed by atoms with van der Waals surface area (Å²) in [5.74, 6) is -0.0380. The van der Waals surface area contributed by atoms with E-state index in [4.69, 9.17) is 25.2 Å². The summed E-state index contributed by atoms with van der Waals surface area (Å²) in [6.45, 7) is -0.849. The van der Waals surface area contributed by atoms with Crippen LogP contribution in [0.5, 0.6) is 0 Å². The topological polar surface area (TPSA) is 250 Å². The first kappa shape index (κ1) is 23.3. The number of aromatic nitrogens is 2. The Morgan fingerprint density at radius 2 is 1.86 bits per heavy atom. The maximum absolute atomic E-state index is 11.8. The van der Waals surface area contributed by atoms with Gasteiger partial charge < -0.3 is 35.2 Å². The molecule has 0 aromatic carbocycles. The van der Waals surface area contributed by atoms with Gasteiger partial charge in [-0.2, -0.15) is 13.6 Å². The number of nitrogens with two attached hydrogens (primary N) is 1. The van der Waals surface area contributed by atoms with Crippen LogP contribution in [-0.4, -0.2) is 53.0 Å². The lowest BCUT2D eigenvalue weighted by Crippen LogP contribution is -2.28. The molecule has 2 heterocycles. The number of hydrogen-bond donors (Lipinski definition) is 6. The first-order chi connectivity index (χ1) is 12.7. The van der Waals surface area contributed by atoms with Crippen molar-refractivity contribution in [3.8, 4) is 0 Å². The lowest BCUT2D eigenvalue weighted by Gasteiger charge is -2.19. The van der Waals surface area contributed by atoms with Gasteiger partial charge in [0.15, 0.2) is 0 Å². The van der Waals surface area contributed by atoms with E-state index in [-0.39, 0.29) is 12.2 Å². The van der Waals surface area contributed by atoms with Crippen molar-refractivity contribution in [3.63, 3.8) is 0 Å². The lowest BCUT2D eigenvalue weighted by atomic mass is 11.1. The van der Waals surface area contributed by atoms with Crippen molar-refractivity contribution in [2.24, 2.45) is 0 Å². The second-order valence-electron chi connectivity index (χ2n) is 5.36. The van der Waals surface area contributed by atoms with E-state index in [1.807, 2.05) is 0 Å². The molecule has 0 aliphatic carbocycles. The van der Waals surface area contributed by atoms with Gasteiger partial charge in [0, 0.05) is 12.6 Å². The first-order valence-electron chi connectivity index (χ1n) is 7.14. The molecule has 1 saturated heterocycles. The van der Waals surface area contributed by atoms with E-state index in [0.717, 1.165) is 4.57 Å². The minimum Gasteiger partial charge on any atom is -0.390 e. The van der Waals surface area contributed by atoms with Crippen molar-refractivity contribution in [3.05, 3.63) is 22.7 Å². The number of nitrogens with zero attached hydrogens (tertiary/aromatic N) is 2. The predicted molar refractivity (Wildman–Crippen MR) is 87.3 cm³/mol. The highest BCUT2D eigenvalue weighted by Gasteiger charge is 2.42. The van der Waals surface area contributed by atoms with Crippen LogP contribution in [0.3, 0.4) is 0 Å². The molecule has 1 fully saturated rings. The number of ether oxygens (including phenoxy) is 1. The third kappa shape index (κ3) is 6.81. The van der Waals surface area contributed by atoms with Crippen LogP contribution < -0.4 is 11.4 Å². The Kier molecular flexibility index (Phi) is 6.99. The highest BCUT2D eigenvalue weighted by atomic mass is 31.3. The monoisotopic (exact) mass is 476 g/mol. The Labute approximate surface area is 155 Å².